The Morgan fingerprint density at radius 1 is 1.30 bits per heavy atom. The number of para-hydroxylation sites is 1. The lowest BCUT2D eigenvalue weighted by molar-refractivity contribution is -0.132. The summed E-state index contributed by atoms with van der Waals surface area (Å²) in [4.78, 5) is 27.5. The third kappa shape index (κ3) is 4.89. The number of hydroxylamine groups is 1. The average Bonchev–Trinajstić information content (AvgIpc) is 2.39. The van der Waals surface area contributed by atoms with Crippen LogP contribution in [0.5, 0.6) is 5.75 Å². The Morgan fingerprint density at radius 2 is 2.00 bits per heavy atom. The van der Waals surface area contributed by atoms with Gasteiger partial charge in [0.05, 0.1) is 26.2 Å². The van der Waals surface area contributed by atoms with Crippen LogP contribution >= 0.6 is 0 Å². The fourth-order valence-electron chi connectivity index (χ4n) is 1.88. The van der Waals surface area contributed by atoms with Crippen LogP contribution in [0.2, 0.25) is 0 Å². The third-order valence-electron chi connectivity index (χ3n) is 2.58. The van der Waals surface area contributed by atoms with Gasteiger partial charge in [-0.25, -0.2) is 5.48 Å². The molecule has 0 saturated heterocycles. The summed E-state index contributed by atoms with van der Waals surface area (Å²) in [5.74, 6) is 0.114. The van der Waals surface area contributed by atoms with Gasteiger partial charge in [-0.2, -0.15) is 0 Å². The Morgan fingerprint density at radius 3 is 2.60 bits per heavy atom. The molecular formula is C14H20N2O4. The van der Waals surface area contributed by atoms with E-state index in [-0.39, 0.29) is 18.2 Å². The molecule has 0 bridgehead atoms. The number of carbonyl (C=O) groups excluding carboxylic acids is 2. The summed E-state index contributed by atoms with van der Waals surface area (Å²) in [6.45, 7) is 3.79. The van der Waals surface area contributed by atoms with E-state index in [2.05, 4.69) is 15.6 Å². The maximum atomic E-state index is 11.6. The predicted octanol–water partition coefficient (Wildman–Crippen LogP) is 1.33. The van der Waals surface area contributed by atoms with Crippen LogP contribution in [-0.2, 0) is 14.4 Å². The van der Waals surface area contributed by atoms with Crippen molar-refractivity contribution in [3.05, 3.63) is 29.8 Å². The van der Waals surface area contributed by atoms with Crippen molar-refractivity contribution in [3.63, 3.8) is 0 Å². The molecule has 6 nitrogen and oxygen atoms in total. The van der Waals surface area contributed by atoms with Gasteiger partial charge >= 0.3 is 0 Å². The summed E-state index contributed by atoms with van der Waals surface area (Å²) in [6, 6.07) is 6.84. The predicted molar refractivity (Wildman–Crippen MR) is 73.9 cm³/mol. The van der Waals surface area contributed by atoms with Gasteiger partial charge in [-0.1, -0.05) is 18.2 Å². The van der Waals surface area contributed by atoms with Crippen molar-refractivity contribution >= 4 is 11.8 Å². The Kier molecular flexibility index (Phi) is 6.52. The molecular weight excluding hydrogens is 260 g/mol. The zero-order chi connectivity index (χ0) is 15.0. The zero-order valence-electron chi connectivity index (χ0n) is 11.9. The van der Waals surface area contributed by atoms with Crippen molar-refractivity contribution in [2.24, 2.45) is 0 Å². The highest BCUT2D eigenvalue weighted by Crippen LogP contribution is 2.27. The summed E-state index contributed by atoms with van der Waals surface area (Å²) < 4.78 is 5.53. The SMILES string of the molecule is CCOc1ccccc1[C@H](CC(=O)NOC)NC(C)=O. The molecule has 0 fully saturated rings. The highest BCUT2D eigenvalue weighted by Gasteiger charge is 2.20. The van der Waals surface area contributed by atoms with Gasteiger partial charge < -0.3 is 10.1 Å². The molecule has 0 spiro atoms. The van der Waals surface area contributed by atoms with E-state index in [0.29, 0.717) is 12.4 Å². The summed E-state index contributed by atoms with van der Waals surface area (Å²) in [7, 11) is 1.36. The fraction of sp³-hybridized carbons (Fsp3) is 0.429. The van der Waals surface area contributed by atoms with Gasteiger partial charge in [-0.15, -0.1) is 0 Å². The maximum Gasteiger partial charge on any atom is 0.245 e. The van der Waals surface area contributed by atoms with Gasteiger partial charge in [0.25, 0.3) is 0 Å². The van der Waals surface area contributed by atoms with Gasteiger partial charge in [0, 0.05) is 12.5 Å². The first-order valence-corrected chi connectivity index (χ1v) is 6.39. The highest BCUT2D eigenvalue weighted by molar-refractivity contribution is 5.78. The largest absolute Gasteiger partial charge is 0.494 e. The molecule has 110 valence electrons. The molecule has 1 aromatic carbocycles. The number of carbonyl (C=O) groups is 2. The van der Waals surface area contributed by atoms with Crippen molar-refractivity contribution in [2.75, 3.05) is 13.7 Å². The minimum absolute atomic E-state index is 0.0670. The number of ether oxygens (including phenoxy) is 1. The van der Waals surface area contributed by atoms with Crippen molar-refractivity contribution in [3.8, 4) is 5.75 Å². The third-order valence-corrected chi connectivity index (χ3v) is 2.58. The van der Waals surface area contributed by atoms with Crippen molar-refractivity contribution in [1.29, 1.82) is 0 Å². The maximum absolute atomic E-state index is 11.6. The van der Waals surface area contributed by atoms with Gasteiger partial charge in [-0.3, -0.25) is 14.4 Å². The fourth-order valence-corrected chi connectivity index (χ4v) is 1.88. The first kappa shape index (κ1) is 16.0. The molecule has 0 saturated carbocycles. The van der Waals surface area contributed by atoms with Crippen LogP contribution in [-0.4, -0.2) is 25.5 Å². The molecule has 0 radical (unpaired) electrons. The number of amides is 2. The average molecular weight is 280 g/mol. The topological polar surface area (TPSA) is 76.7 Å². The number of nitrogens with one attached hydrogen (secondary N) is 2. The summed E-state index contributed by atoms with van der Waals surface area (Å²) in [6.07, 6.45) is 0.0670. The van der Waals surface area contributed by atoms with Gasteiger partial charge in [0.1, 0.15) is 5.75 Å². The lowest BCUT2D eigenvalue weighted by Gasteiger charge is -2.20. The lowest BCUT2D eigenvalue weighted by Crippen LogP contribution is -2.32. The minimum Gasteiger partial charge on any atom is -0.494 e. The summed E-state index contributed by atoms with van der Waals surface area (Å²) >= 11 is 0. The lowest BCUT2D eigenvalue weighted by atomic mass is 10.0. The van der Waals surface area contributed by atoms with Crippen LogP contribution in [0.3, 0.4) is 0 Å². The minimum atomic E-state index is -0.467. The van der Waals surface area contributed by atoms with Crippen LogP contribution in [0.1, 0.15) is 31.9 Å². The van der Waals surface area contributed by atoms with E-state index in [0.717, 1.165) is 5.56 Å². The second kappa shape index (κ2) is 8.16. The van der Waals surface area contributed by atoms with E-state index >= 15 is 0 Å². The molecule has 1 aromatic rings. The monoisotopic (exact) mass is 280 g/mol. The van der Waals surface area contributed by atoms with E-state index in [1.54, 1.807) is 0 Å². The quantitative estimate of drug-likeness (QED) is 0.739. The first-order valence-electron chi connectivity index (χ1n) is 6.39. The molecule has 6 heteroatoms. The van der Waals surface area contributed by atoms with E-state index in [1.807, 2.05) is 31.2 Å². The number of rotatable bonds is 7. The van der Waals surface area contributed by atoms with E-state index in [9.17, 15) is 9.59 Å². The molecule has 0 aliphatic rings. The second-order valence-corrected chi connectivity index (χ2v) is 4.16. The Hall–Kier alpha value is -2.08. The zero-order valence-corrected chi connectivity index (χ0v) is 11.9. The normalized spacial score (nSPS) is 11.6. The Labute approximate surface area is 118 Å². The second-order valence-electron chi connectivity index (χ2n) is 4.16. The van der Waals surface area contributed by atoms with Crippen LogP contribution in [0, 0.1) is 0 Å². The van der Waals surface area contributed by atoms with E-state index in [1.165, 1.54) is 14.0 Å². The van der Waals surface area contributed by atoms with Gasteiger partial charge in [-0.05, 0) is 13.0 Å². The molecule has 2 N–H and O–H groups in total. The molecule has 1 atom stereocenters. The molecule has 0 aromatic heterocycles. The van der Waals surface area contributed by atoms with Gasteiger partial charge in [0.15, 0.2) is 0 Å². The number of benzene rings is 1. The van der Waals surface area contributed by atoms with Crippen LogP contribution < -0.4 is 15.5 Å². The van der Waals surface area contributed by atoms with Crippen LogP contribution in [0.25, 0.3) is 0 Å². The number of hydrogen-bond donors (Lipinski definition) is 2. The number of hydrogen-bond acceptors (Lipinski definition) is 4. The van der Waals surface area contributed by atoms with Crippen molar-refractivity contribution in [1.82, 2.24) is 10.8 Å². The molecule has 20 heavy (non-hydrogen) atoms. The first-order chi connectivity index (χ1) is 9.58. The molecule has 1 rings (SSSR count). The van der Waals surface area contributed by atoms with Gasteiger partial charge in [0.2, 0.25) is 11.8 Å². The van der Waals surface area contributed by atoms with Crippen LogP contribution in [0.15, 0.2) is 24.3 Å². The standard InChI is InChI=1S/C14H20N2O4/c1-4-20-13-8-6-5-7-11(13)12(15-10(2)17)9-14(18)16-19-3/h5-8,12H,4,9H2,1-3H3,(H,15,17)(H,16,18)/t12-/m0/s1. The molecule has 0 unspecified atom stereocenters. The Bertz CT molecular complexity index is 462. The van der Waals surface area contributed by atoms with Crippen molar-refractivity contribution < 1.29 is 19.2 Å². The molecule has 2 amide bonds. The Balaban J connectivity index is 2.97. The van der Waals surface area contributed by atoms with E-state index < -0.39 is 6.04 Å². The summed E-state index contributed by atoms with van der Waals surface area (Å²) in [5, 5.41) is 2.75. The molecule has 0 aliphatic carbocycles. The highest BCUT2D eigenvalue weighted by atomic mass is 16.6. The molecule has 0 aliphatic heterocycles. The van der Waals surface area contributed by atoms with E-state index in [4.69, 9.17) is 4.74 Å². The van der Waals surface area contributed by atoms with Crippen LogP contribution in [0.4, 0.5) is 0 Å². The molecule has 0 heterocycles. The smallest absolute Gasteiger partial charge is 0.245 e. The summed E-state index contributed by atoms with van der Waals surface area (Å²) in [5.41, 5.74) is 3.00. The van der Waals surface area contributed by atoms with Crippen molar-refractivity contribution in [2.45, 2.75) is 26.3 Å².